The summed E-state index contributed by atoms with van der Waals surface area (Å²) in [6, 6.07) is 14.2. The summed E-state index contributed by atoms with van der Waals surface area (Å²) in [5, 5.41) is 11.4. The Labute approximate surface area is 130 Å². The van der Waals surface area contributed by atoms with E-state index < -0.39 is 11.9 Å². The van der Waals surface area contributed by atoms with Gasteiger partial charge < -0.3 is 5.11 Å². The maximum atomic E-state index is 14.1. The van der Waals surface area contributed by atoms with E-state index in [0.29, 0.717) is 10.0 Å². The van der Waals surface area contributed by atoms with Gasteiger partial charge in [-0.05, 0) is 52.7 Å². The van der Waals surface area contributed by atoms with Crippen molar-refractivity contribution in [2.45, 2.75) is 13.0 Å². The van der Waals surface area contributed by atoms with Crippen LogP contribution in [0.2, 0.25) is 0 Å². The first-order chi connectivity index (χ1) is 10.1. The van der Waals surface area contributed by atoms with E-state index in [-0.39, 0.29) is 5.56 Å². The highest BCUT2D eigenvalue weighted by molar-refractivity contribution is 9.10. The standard InChI is InChI=1S/C17H13BrFNO/c1-10-5-6-11-9-12(7-8-15(11)20-10)17(21)13-3-2-4-14(18)16(13)19/h2-9,17,21H,1H3. The van der Waals surface area contributed by atoms with Gasteiger partial charge in [0.1, 0.15) is 11.9 Å². The Morgan fingerprint density at radius 2 is 1.95 bits per heavy atom. The number of aromatic nitrogens is 1. The minimum atomic E-state index is -1.01. The molecule has 2 aromatic carbocycles. The smallest absolute Gasteiger partial charge is 0.143 e. The first kappa shape index (κ1) is 14.2. The van der Waals surface area contributed by atoms with E-state index in [1.165, 1.54) is 0 Å². The van der Waals surface area contributed by atoms with Crippen molar-refractivity contribution < 1.29 is 9.50 Å². The topological polar surface area (TPSA) is 33.1 Å². The molecule has 4 heteroatoms. The molecule has 1 aromatic heterocycles. The average molecular weight is 346 g/mol. The van der Waals surface area contributed by atoms with Crippen LogP contribution in [0.1, 0.15) is 22.9 Å². The first-order valence-corrected chi connectivity index (χ1v) is 7.35. The molecule has 0 aliphatic heterocycles. The molecule has 0 aliphatic rings. The summed E-state index contributed by atoms with van der Waals surface area (Å²) in [6.07, 6.45) is -1.01. The molecule has 0 spiro atoms. The number of aryl methyl sites for hydroxylation is 1. The average Bonchev–Trinajstić information content (AvgIpc) is 2.49. The fourth-order valence-electron chi connectivity index (χ4n) is 2.33. The number of pyridine rings is 1. The van der Waals surface area contributed by atoms with Crippen LogP contribution in [0.5, 0.6) is 0 Å². The lowest BCUT2D eigenvalue weighted by atomic mass is 9.99. The molecule has 1 N–H and O–H groups in total. The van der Waals surface area contributed by atoms with Crippen molar-refractivity contribution in [3.8, 4) is 0 Å². The molecule has 2 nitrogen and oxygen atoms in total. The zero-order chi connectivity index (χ0) is 15.0. The van der Waals surface area contributed by atoms with E-state index in [4.69, 9.17) is 0 Å². The number of aliphatic hydroxyl groups is 1. The van der Waals surface area contributed by atoms with E-state index in [2.05, 4.69) is 20.9 Å². The van der Waals surface area contributed by atoms with Gasteiger partial charge in [0, 0.05) is 16.6 Å². The lowest BCUT2D eigenvalue weighted by Crippen LogP contribution is -2.03. The third-order valence-corrected chi connectivity index (χ3v) is 4.06. The second kappa shape index (κ2) is 5.54. The van der Waals surface area contributed by atoms with Gasteiger partial charge in [-0.1, -0.05) is 24.3 Å². The highest BCUT2D eigenvalue weighted by atomic mass is 79.9. The molecule has 3 aromatic rings. The number of hydrogen-bond acceptors (Lipinski definition) is 2. The van der Waals surface area contributed by atoms with Gasteiger partial charge in [-0.25, -0.2) is 4.39 Å². The zero-order valence-corrected chi connectivity index (χ0v) is 12.9. The number of rotatable bonds is 2. The summed E-state index contributed by atoms with van der Waals surface area (Å²) in [7, 11) is 0. The minimum absolute atomic E-state index is 0.254. The predicted octanol–water partition coefficient (Wildman–Crippen LogP) is 4.53. The number of fused-ring (bicyclic) bond motifs is 1. The third kappa shape index (κ3) is 2.69. The normalized spacial score (nSPS) is 12.6. The number of hydrogen-bond donors (Lipinski definition) is 1. The minimum Gasteiger partial charge on any atom is -0.384 e. The summed E-state index contributed by atoms with van der Waals surface area (Å²) in [5.41, 5.74) is 2.70. The van der Waals surface area contributed by atoms with E-state index in [0.717, 1.165) is 16.6 Å². The maximum absolute atomic E-state index is 14.1. The van der Waals surface area contributed by atoms with Crippen molar-refractivity contribution in [2.75, 3.05) is 0 Å². The van der Waals surface area contributed by atoms with Gasteiger partial charge in [-0.15, -0.1) is 0 Å². The van der Waals surface area contributed by atoms with Crippen LogP contribution in [0.3, 0.4) is 0 Å². The zero-order valence-electron chi connectivity index (χ0n) is 11.3. The molecule has 106 valence electrons. The number of halogens is 2. The van der Waals surface area contributed by atoms with Gasteiger partial charge in [0.2, 0.25) is 0 Å². The second-order valence-electron chi connectivity index (χ2n) is 4.95. The Bertz CT molecular complexity index is 819. The summed E-state index contributed by atoms with van der Waals surface area (Å²) in [4.78, 5) is 4.42. The van der Waals surface area contributed by atoms with Gasteiger partial charge >= 0.3 is 0 Å². The van der Waals surface area contributed by atoms with E-state index in [1.807, 2.05) is 31.2 Å². The van der Waals surface area contributed by atoms with E-state index >= 15 is 0 Å². The van der Waals surface area contributed by atoms with Gasteiger partial charge in [-0.3, -0.25) is 4.98 Å². The van der Waals surface area contributed by atoms with Crippen LogP contribution < -0.4 is 0 Å². The van der Waals surface area contributed by atoms with Crippen molar-refractivity contribution >= 4 is 26.8 Å². The van der Waals surface area contributed by atoms with Crippen LogP contribution in [-0.4, -0.2) is 10.1 Å². The fraction of sp³-hybridized carbons (Fsp3) is 0.118. The second-order valence-corrected chi connectivity index (χ2v) is 5.80. The lowest BCUT2D eigenvalue weighted by Gasteiger charge is -2.14. The molecule has 0 aliphatic carbocycles. The van der Waals surface area contributed by atoms with Crippen molar-refractivity contribution in [1.29, 1.82) is 0 Å². The molecule has 0 saturated heterocycles. The number of nitrogens with zero attached hydrogens (tertiary/aromatic N) is 1. The highest BCUT2D eigenvalue weighted by Crippen LogP contribution is 2.29. The SMILES string of the molecule is Cc1ccc2cc(C(O)c3cccc(Br)c3F)ccc2n1. The maximum Gasteiger partial charge on any atom is 0.143 e. The first-order valence-electron chi connectivity index (χ1n) is 6.55. The largest absolute Gasteiger partial charge is 0.384 e. The Morgan fingerprint density at radius 1 is 1.14 bits per heavy atom. The molecule has 0 bridgehead atoms. The van der Waals surface area contributed by atoms with Crippen LogP contribution >= 0.6 is 15.9 Å². The summed E-state index contributed by atoms with van der Waals surface area (Å²) in [6.45, 7) is 1.93. The van der Waals surface area contributed by atoms with Crippen LogP contribution in [-0.2, 0) is 0 Å². The van der Waals surface area contributed by atoms with E-state index in [1.54, 1.807) is 24.3 Å². The van der Waals surface area contributed by atoms with Crippen molar-refractivity contribution in [2.24, 2.45) is 0 Å². The summed E-state index contributed by atoms with van der Waals surface area (Å²) >= 11 is 3.14. The van der Waals surface area contributed by atoms with Crippen molar-refractivity contribution in [1.82, 2.24) is 4.98 Å². The van der Waals surface area contributed by atoms with E-state index in [9.17, 15) is 9.50 Å². The number of aliphatic hydroxyl groups excluding tert-OH is 1. The molecule has 0 saturated carbocycles. The van der Waals surface area contributed by atoms with Gasteiger partial charge in [0.15, 0.2) is 0 Å². The van der Waals surface area contributed by atoms with Crippen LogP contribution in [0.15, 0.2) is 53.0 Å². The molecule has 1 atom stereocenters. The van der Waals surface area contributed by atoms with Gasteiger partial charge in [0.25, 0.3) is 0 Å². The quantitative estimate of drug-likeness (QED) is 0.740. The summed E-state index contributed by atoms with van der Waals surface area (Å²) in [5.74, 6) is -0.438. The Kier molecular flexibility index (Phi) is 3.74. The molecule has 3 rings (SSSR count). The van der Waals surface area contributed by atoms with Crippen LogP contribution in [0.25, 0.3) is 10.9 Å². The molecule has 1 unspecified atom stereocenters. The lowest BCUT2D eigenvalue weighted by molar-refractivity contribution is 0.215. The Hall–Kier alpha value is -1.78. The molecule has 0 fully saturated rings. The molecular formula is C17H13BrFNO. The van der Waals surface area contributed by atoms with Gasteiger partial charge in [0.05, 0.1) is 9.99 Å². The fourth-order valence-corrected chi connectivity index (χ4v) is 2.71. The van der Waals surface area contributed by atoms with Gasteiger partial charge in [-0.2, -0.15) is 0 Å². The third-order valence-electron chi connectivity index (χ3n) is 3.44. The Morgan fingerprint density at radius 3 is 2.76 bits per heavy atom. The molecule has 0 amide bonds. The van der Waals surface area contributed by atoms with Crippen LogP contribution in [0.4, 0.5) is 4.39 Å². The molecule has 0 radical (unpaired) electrons. The molecule has 21 heavy (non-hydrogen) atoms. The molecular weight excluding hydrogens is 333 g/mol. The predicted molar refractivity (Wildman–Crippen MR) is 84.6 cm³/mol. The summed E-state index contributed by atoms with van der Waals surface area (Å²) < 4.78 is 14.4. The Balaban J connectivity index is 2.07. The molecule has 1 heterocycles. The van der Waals surface area contributed by atoms with Crippen LogP contribution in [0, 0.1) is 12.7 Å². The van der Waals surface area contributed by atoms with Crippen molar-refractivity contribution in [3.05, 3.63) is 75.6 Å². The highest BCUT2D eigenvalue weighted by Gasteiger charge is 2.17. The monoisotopic (exact) mass is 345 g/mol. The van der Waals surface area contributed by atoms with Crippen molar-refractivity contribution in [3.63, 3.8) is 0 Å². The number of benzene rings is 2.